The molecule has 0 atom stereocenters. The van der Waals surface area contributed by atoms with Crippen LogP contribution >= 0.6 is 0 Å². The van der Waals surface area contributed by atoms with Crippen LogP contribution in [0.15, 0.2) is 4.99 Å². The lowest BCUT2D eigenvalue weighted by Gasteiger charge is -2.31. The number of carbonyl (C=O) groups excluding carboxylic acids is 1. The van der Waals surface area contributed by atoms with Crippen LogP contribution in [0.5, 0.6) is 0 Å². The third-order valence-electron chi connectivity index (χ3n) is 5.35. The Morgan fingerprint density at radius 2 is 1.84 bits per heavy atom. The van der Waals surface area contributed by atoms with Gasteiger partial charge in [0.1, 0.15) is 6.54 Å². The van der Waals surface area contributed by atoms with Crippen molar-refractivity contribution < 1.29 is 4.79 Å². The molecule has 0 unspecified atom stereocenters. The van der Waals surface area contributed by atoms with Gasteiger partial charge in [-0.15, -0.1) is 0 Å². The summed E-state index contributed by atoms with van der Waals surface area (Å²) >= 11 is 0. The van der Waals surface area contributed by atoms with Gasteiger partial charge >= 0.3 is 0 Å². The molecule has 1 saturated carbocycles. The Labute approximate surface area is 153 Å². The fourth-order valence-corrected chi connectivity index (χ4v) is 3.79. The van der Waals surface area contributed by atoms with Crippen molar-refractivity contribution in [1.29, 1.82) is 0 Å². The molecule has 25 heavy (non-hydrogen) atoms. The highest BCUT2D eigenvalue weighted by Gasteiger charge is 2.18. The first-order valence-electron chi connectivity index (χ1n) is 10.2. The van der Waals surface area contributed by atoms with Gasteiger partial charge in [-0.25, -0.2) is 4.99 Å². The van der Waals surface area contributed by atoms with Gasteiger partial charge in [0.15, 0.2) is 5.96 Å². The van der Waals surface area contributed by atoms with E-state index >= 15 is 0 Å². The second-order valence-electron chi connectivity index (χ2n) is 7.34. The second kappa shape index (κ2) is 11.3. The van der Waals surface area contributed by atoms with Crippen LogP contribution in [0.3, 0.4) is 0 Å². The number of hydrogen-bond donors (Lipinski definition) is 2. The molecule has 0 bridgehead atoms. The van der Waals surface area contributed by atoms with E-state index in [2.05, 4.69) is 34.5 Å². The minimum Gasteiger partial charge on any atom is -0.357 e. The van der Waals surface area contributed by atoms with Crippen LogP contribution in [0.1, 0.15) is 58.3 Å². The van der Waals surface area contributed by atoms with Gasteiger partial charge in [-0.2, -0.15) is 0 Å². The molecule has 6 heteroatoms. The summed E-state index contributed by atoms with van der Waals surface area (Å²) in [6.07, 6.45) is 10.2. The minimum absolute atomic E-state index is 0.145. The van der Waals surface area contributed by atoms with E-state index in [1.807, 2.05) is 4.90 Å². The van der Waals surface area contributed by atoms with E-state index in [4.69, 9.17) is 0 Å². The van der Waals surface area contributed by atoms with E-state index in [-0.39, 0.29) is 12.5 Å². The molecule has 1 aliphatic carbocycles. The summed E-state index contributed by atoms with van der Waals surface area (Å²) in [6.45, 7) is 6.90. The average molecular weight is 352 g/mol. The number of aliphatic imine (C=N–C) groups is 1. The van der Waals surface area contributed by atoms with E-state index in [0.29, 0.717) is 0 Å². The van der Waals surface area contributed by atoms with Crippen LogP contribution in [0.25, 0.3) is 0 Å². The van der Waals surface area contributed by atoms with E-state index in [9.17, 15) is 4.79 Å². The Balaban J connectivity index is 1.65. The maximum Gasteiger partial charge on any atom is 0.244 e. The number of amides is 1. The lowest BCUT2D eigenvalue weighted by Crippen LogP contribution is -2.40. The van der Waals surface area contributed by atoms with Crippen LogP contribution < -0.4 is 10.6 Å². The van der Waals surface area contributed by atoms with Crippen molar-refractivity contribution in [2.24, 2.45) is 4.99 Å². The lowest BCUT2D eigenvalue weighted by molar-refractivity contribution is -0.128. The molecule has 2 fully saturated rings. The third-order valence-corrected chi connectivity index (χ3v) is 5.35. The van der Waals surface area contributed by atoms with E-state index in [1.165, 1.54) is 32.1 Å². The van der Waals surface area contributed by atoms with Gasteiger partial charge in [-0.1, -0.05) is 19.3 Å². The first-order chi connectivity index (χ1) is 12.2. The molecule has 1 amide bonds. The van der Waals surface area contributed by atoms with Crippen molar-refractivity contribution in [1.82, 2.24) is 20.4 Å². The Kier molecular flexibility index (Phi) is 9.08. The zero-order valence-corrected chi connectivity index (χ0v) is 16.2. The van der Waals surface area contributed by atoms with Crippen LogP contribution in [0, 0.1) is 0 Å². The fourth-order valence-electron chi connectivity index (χ4n) is 3.79. The Hall–Kier alpha value is -1.30. The summed E-state index contributed by atoms with van der Waals surface area (Å²) in [7, 11) is 2.25. The lowest BCUT2D eigenvalue weighted by atomic mass is 9.94. The zero-order chi connectivity index (χ0) is 17.9. The fraction of sp³-hybridized carbons (Fsp3) is 0.895. The predicted molar refractivity (Wildman–Crippen MR) is 104 cm³/mol. The summed E-state index contributed by atoms with van der Waals surface area (Å²) in [5, 5.41) is 6.60. The van der Waals surface area contributed by atoms with Crippen molar-refractivity contribution in [2.45, 2.75) is 64.3 Å². The smallest absolute Gasteiger partial charge is 0.244 e. The summed E-state index contributed by atoms with van der Waals surface area (Å²) in [4.78, 5) is 21.0. The molecule has 144 valence electrons. The summed E-state index contributed by atoms with van der Waals surface area (Å²) in [5.41, 5.74) is 0. The number of likely N-dealkylation sites (tertiary alicyclic amines) is 1. The summed E-state index contributed by atoms with van der Waals surface area (Å²) < 4.78 is 0. The van der Waals surface area contributed by atoms with Crippen molar-refractivity contribution in [3.8, 4) is 0 Å². The molecule has 6 nitrogen and oxygen atoms in total. The maximum atomic E-state index is 12.1. The predicted octanol–water partition coefficient (Wildman–Crippen LogP) is 1.82. The minimum atomic E-state index is 0.145. The average Bonchev–Trinajstić information content (AvgIpc) is 3.18. The molecule has 1 heterocycles. The van der Waals surface area contributed by atoms with Crippen molar-refractivity contribution >= 4 is 11.9 Å². The van der Waals surface area contributed by atoms with Crippen LogP contribution in [-0.4, -0.2) is 74.0 Å². The topological polar surface area (TPSA) is 60.0 Å². The quantitative estimate of drug-likeness (QED) is 0.398. The number of guanidine groups is 1. The van der Waals surface area contributed by atoms with Crippen LogP contribution in [0.4, 0.5) is 0 Å². The number of nitrogens with one attached hydrogen (secondary N) is 2. The van der Waals surface area contributed by atoms with Gasteiger partial charge in [0.2, 0.25) is 5.91 Å². The Morgan fingerprint density at radius 3 is 2.52 bits per heavy atom. The number of rotatable bonds is 8. The molecule has 0 spiro atoms. The maximum absolute atomic E-state index is 12.1. The first kappa shape index (κ1) is 20.0. The highest BCUT2D eigenvalue weighted by molar-refractivity contribution is 5.85. The zero-order valence-electron chi connectivity index (χ0n) is 16.2. The summed E-state index contributed by atoms with van der Waals surface area (Å²) in [5.74, 6) is 0.905. The molecular weight excluding hydrogens is 314 g/mol. The van der Waals surface area contributed by atoms with E-state index in [0.717, 1.165) is 64.0 Å². The largest absolute Gasteiger partial charge is 0.357 e. The first-order valence-corrected chi connectivity index (χ1v) is 10.2. The molecule has 1 aliphatic heterocycles. The molecule has 2 rings (SSSR count). The van der Waals surface area contributed by atoms with E-state index in [1.54, 1.807) is 0 Å². The number of hydrogen-bond acceptors (Lipinski definition) is 3. The van der Waals surface area contributed by atoms with Gasteiger partial charge in [-0.3, -0.25) is 4.79 Å². The molecule has 0 aromatic heterocycles. The molecule has 2 aliphatic rings. The highest BCUT2D eigenvalue weighted by Crippen LogP contribution is 2.21. The van der Waals surface area contributed by atoms with Gasteiger partial charge in [0.05, 0.1) is 0 Å². The van der Waals surface area contributed by atoms with Crippen LogP contribution in [-0.2, 0) is 4.79 Å². The molecular formula is C19H37N5O. The number of carbonyl (C=O) groups is 1. The Bertz CT molecular complexity index is 414. The van der Waals surface area contributed by atoms with Crippen molar-refractivity contribution in [2.75, 3.05) is 46.3 Å². The monoisotopic (exact) mass is 351 g/mol. The standard InChI is InChI=1S/C19H37N5O/c1-3-20-19(22-16-18(25)24-14-7-8-15-24)21-12-9-13-23(2)17-10-5-4-6-11-17/h17H,3-16H2,1-2H3,(H2,20,21,22). The van der Waals surface area contributed by atoms with Gasteiger partial charge in [-0.05, 0) is 52.6 Å². The van der Waals surface area contributed by atoms with Crippen molar-refractivity contribution in [3.63, 3.8) is 0 Å². The molecule has 0 aromatic rings. The third kappa shape index (κ3) is 7.22. The van der Waals surface area contributed by atoms with E-state index < -0.39 is 0 Å². The Morgan fingerprint density at radius 1 is 1.12 bits per heavy atom. The molecule has 2 N–H and O–H groups in total. The molecule has 0 aromatic carbocycles. The van der Waals surface area contributed by atoms with Gasteiger partial charge in [0.25, 0.3) is 0 Å². The molecule has 0 radical (unpaired) electrons. The van der Waals surface area contributed by atoms with Crippen LogP contribution in [0.2, 0.25) is 0 Å². The van der Waals surface area contributed by atoms with Crippen molar-refractivity contribution in [3.05, 3.63) is 0 Å². The molecule has 1 saturated heterocycles. The van der Waals surface area contributed by atoms with Gasteiger partial charge in [0, 0.05) is 32.2 Å². The second-order valence-corrected chi connectivity index (χ2v) is 7.34. The SMILES string of the molecule is CCNC(=NCC(=O)N1CCCC1)NCCCN(C)C1CCCCC1. The normalized spacial score (nSPS) is 19.5. The number of nitrogens with zero attached hydrogens (tertiary/aromatic N) is 3. The van der Waals surface area contributed by atoms with Gasteiger partial charge < -0.3 is 20.4 Å². The summed E-state index contributed by atoms with van der Waals surface area (Å²) in [6, 6.07) is 0.772. The highest BCUT2D eigenvalue weighted by atomic mass is 16.2.